The van der Waals surface area contributed by atoms with E-state index < -0.39 is 22.8 Å². The van der Waals surface area contributed by atoms with E-state index in [2.05, 4.69) is 5.32 Å². The Morgan fingerprint density at radius 2 is 2.04 bits per heavy atom. The highest BCUT2D eigenvalue weighted by atomic mass is 35.5. The number of rotatable bonds is 5. The van der Waals surface area contributed by atoms with Crippen molar-refractivity contribution in [2.75, 3.05) is 5.32 Å². The van der Waals surface area contributed by atoms with Gasteiger partial charge in [0.25, 0.3) is 5.91 Å². The largest absolute Gasteiger partial charge is 0.474 e. The summed E-state index contributed by atoms with van der Waals surface area (Å²) in [6.45, 7) is 1.40. The molecular formula is C15H12ClFN2O4. The Morgan fingerprint density at radius 1 is 1.35 bits per heavy atom. The quantitative estimate of drug-likeness (QED) is 0.664. The third-order valence-corrected chi connectivity index (χ3v) is 3.16. The lowest BCUT2D eigenvalue weighted by molar-refractivity contribution is -0.386. The molecule has 0 bridgehead atoms. The van der Waals surface area contributed by atoms with Gasteiger partial charge in [0.05, 0.1) is 10.6 Å². The summed E-state index contributed by atoms with van der Waals surface area (Å²) in [7, 11) is 0. The van der Waals surface area contributed by atoms with Crippen LogP contribution in [0.25, 0.3) is 0 Å². The summed E-state index contributed by atoms with van der Waals surface area (Å²) < 4.78 is 18.8. The van der Waals surface area contributed by atoms with Crippen LogP contribution < -0.4 is 10.1 Å². The smallest absolute Gasteiger partial charge is 0.312 e. The second kappa shape index (κ2) is 7.06. The Bertz CT molecular complexity index is 754. The molecule has 0 aromatic heterocycles. The Balaban J connectivity index is 2.13. The molecule has 0 saturated carbocycles. The number of nitrogens with zero attached hydrogens (tertiary/aromatic N) is 1. The van der Waals surface area contributed by atoms with Crippen LogP contribution in [0.2, 0.25) is 5.02 Å². The maximum Gasteiger partial charge on any atom is 0.312 e. The van der Waals surface area contributed by atoms with Crippen molar-refractivity contribution < 1.29 is 18.8 Å². The van der Waals surface area contributed by atoms with E-state index >= 15 is 0 Å². The number of anilines is 1. The van der Waals surface area contributed by atoms with Gasteiger partial charge in [0.1, 0.15) is 5.82 Å². The van der Waals surface area contributed by atoms with Crippen molar-refractivity contribution >= 4 is 28.9 Å². The van der Waals surface area contributed by atoms with E-state index in [0.717, 1.165) is 6.07 Å². The Labute approximate surface area is 136 Å². The van der Waals surface area contributed by atoms with Crippen molar-refractivity contribution in [3.8, 4) is 5.75 Å². The number of para-hydroxylation sites is 1. The third-order valence-electron chi connectivity index (χ3n) is 2.92. The van der Waals surface area contributed by atoms with E-state index in [1.807, 2.05) is 0 Å². The minimum absolute atomic E-state index is 0.00134. The van der Waals surface area contributed by atoms with Crippen LogP contribution in [-0.2, 0) is 4.79 Å². The number of benzene rings is 2. The highest BCUT2D eigenvalue weighted by Gasteiger charge is 2.22. The third kappa shape index (κ3) is 4.17. The lowest BCUT2D eigenvalue weighted by Crippen LogP contribution is -2.30. The van der Waals surface area contributed by atoms with Crippen molar-refractivity contribution in [1.82, 2.24) is 0 Å². The van der Waals surface area contributed by atoms with Gasteiger partial charge in [-0.25, -0.2) is 4.39 Å². The van der Waals surface area contributed by atoms with Crippen LogP contribution in [-0.4, -0.2) is 16.9 Å². The van der Waals surface area contributed by atoms with Gasteiger partial charge in [0, 0.05) is 11.1 Å². The van der Waals surface area contributed by atoms with Crippen LogP contribution in [0.1, 0.15) is 6.92 Å². The molecule has 8 heteroatoms. The van der Waals surface area contributed by atoms with Gasteiger partial charge >= 0.3 is 5.69 Å². The fourth-order valence-electron chi connectivity index (χ4n) is 1.77. The molecule has 6 nitrogen and oxygen atoms in total. The van der Waals surface area contributed by atoms with Crippen LogP contribution in [0.4, 0.5) is 15.8 Å². The van der Waals surface area contributed by atoms with E-state index in [1.54, 1.807) is 6.07 Å². The van der Waals surface area contributed by atoms with E-state index in [0.29, 0.717) is 0 Å². The number of hydrogen-bond donors (Lipinski definition) is 1. The summed E-state index contributed by atoms with van der Waals surface area (Å²) in [6.07, 6.45) is -1.07. The molecule has 0 radical (unpaired) electrons. The molecule has 2 rings (SSSR count). The molecule has 0 fully saturated rings. The minimum atomic E-state index is -1.07. The van der Waals surface area contributed by atoms with Gasteiger partial charge in [-0.3, -0.25) is 14.9 Å². The second-order valence-corrected chi connectivity index (χ2v) is 5.03. The number of halogens is 2. The highest BCUT2D eigenvalue weighted by molar-refractivity contribution is 6.30. The predicted octanol–water partition coefficient (Wildman–Crippen LogP) is 3.79. The number of ether oxygens (including phenoxy) is 1. The number of amides is 1. The van der Waals surface area contributed by atoms with Gasteiger partial charge in [-0.2, -0.15) is 0 Å². The SMILES string of the molecule is C[C@@H](Oc1ccc(Cl)cc1[N+](=O)[O-])C(=O)Nc1ccccc1F. The molecule has 0 aliphatic carbocycles. The van der Waals surface area contributed by atoms with Crippen LogP contribution in [0, 0.1) is 15.9 Å². The van der Waals surface area contributed by atoms with Gasteiger partial charge < -0.3 is 10.1 Å². The molecule has 0 aliphatic heterocycles. The molecule has 0 heterocycles. The molecule has 0 aliphatic rings. The van der Waals surface area contributed by atoms with Crippen LogP contribution in [0.15, 0.2) is 42.5 Å². The van der Waals surface area contributed by atoms with E-state index in [-0.39, 0.29) is 22.1 Å². The Morgan fingerprint density at radius 3 is 2.70 bits per heavy atom. The summed E-state index contributed by atoms with van der Waals surface area (Å²) in [5.74, 6) is -1.33. The lowest BCUT2D eigenvalue weighted by Gasteiger charge is -2.15. The van der Waals surface area contributed by atoms with Gasteiger partial charge in [-0.05, 0) is 31.2 Å². The molecular weight excluding hydrogens is 327 g/mol. The molecule has 1 N–H and O–H groups in total. The van der Waals surface area contributed by atoms with E-state index in [1.165, 1.54) is 37.3 Å². The maximum atomic E-state index is 13.5. The van der Waals surface area contributed by atoms with Gasteiger partial charge in [0.2, 0.25) is 0 Å². The first-order chi connectivity index (χ1) is 10.9. The molecule has 2 aromatic rings. The number of carbonyl (C=O) groups is 1. The van der Waals surface area contributed by atoms with Gasteiger partial charge in [-0.15, -0.1) is 0 Å². The fourth-order valence-corrected chi connectivity index (χ4v) is 1.94. The fraction of sp³-hybridized carbons (Fsp3) is 0.133. The first-order valence-corrected chi connectivity index (χ1v) is 6.92. The average Bonchev–Trinajstić information content (AvgIpc) is 2.51. The standard InChI is InChI=1S/C15H12ClFN2O4/c1-9(15(20)18-12-5-3-2-4-11(12)17)23-14-7-6-10(16)8-13(14)19(21)22/h2-9H,1H3,(H,18,20)/t9-/m1/s1. The summed E-state index contributed by atoms with van der Waals surface area (Å²) in [6, 6.07) is 9.48. The first-order valence-electron chi connectivity index (χ1n) is 6.54. The molecule has 0 spiro atoms. The predicted molar refractivity (Wildman–Crippen MR) is 83.2 cm³/mol. The molecule has 1 atom stereocenters. The lowest BCUT2D eigenvalue weighted by atomic mass is 10.2. The van der Waals surface area contributed by atoms with Gasteiger partial charge in [0.15, 0.2) is 11.9 Å². The van der Waals surface area contributed by atoms with Crippen molar-refractivity contribution in [2.24, 2.45) is 0 Å². The van der Waals surface area contributed by atoms with Crippen molar-refractivity contribution in [3.05, 3.63) is 63.4 Å². The van der Waals surface area contributed by atoms with Gasteiger partial charge in [-0.1, -0.05) is 23.7 Å². The highest BCUT2D eigenvalue weighted by Crippen LogP contribution is 2.30. The summed E-state index contributed by atoms with van der Waals surface area (Å²) in [5, 5.41) is 13.5. The number of hydrogen-bond acceptors (Lipinski definition) is 4. The monoisotopic (exact) mass is 338 g/mol. The number of nitro benzene ring substituents is 1. The zero-order valence-corrected chi connectivity index (χ0v) is 12.7. The maximum absolute atomic E-state index is 13.5. The minimum Gasteiger partial charge on any atom is -0.474 e. The molecule has 120 valence electrons. The molecule has 0 unspecified atom stereocenters. The molecule has 0 saturated heterocycles. The first kappa shape index (κ1) is 16.7. The molecule has 2 aromatic carbocycles. The van der Waals surface area contributed by atoms with E-state index in [9.17, 15) is 19.3 Å². The van der Waals surface area contributed by atoms with Crippen molar-refractivity contribution in [1.29, 1.82) is 0 Å². The number of carbonyl (C=O) groups excluding carboxylic acids is 1. The Hall–Kier alpha value is -2.67. The van der Waals surface area contributed by atoms with Crippen LogP contribution in [0.3, 0.4) is 0 Å². The Kier molecular flexibility index (Phi) is 5.13. The van der Waals surface area contributed by atoms with Crippen molar-refractivity contribution in [2.45, 2.75) is 13.0 Å². The summed E-state index contributed by atoms with van der Waals surface area (Å²) in [4.78, 5) is 22.3. The normalized spacial score (nSPS) is 11.6. The van der Waals surface area contributed by atoms with E-state index in [4.69, 9.17) is 16.3 Å². The van der Waals surface area contributed by atoms with Crippen molar-refractivity contribution in [3.63, 3.8) is 0 Å². The van der Waals surface area contributed by atoms with Crippen LogP contribution >= 0.6 is 11.6 Å². The summed E-state index contributed by atoms with van der Waals surface area (Å²) >= 11 is 5.70. The zero-order valence-electron chi connectivity index (χ0n) is 12.0. The summed E-state index contributed by atoms with van der Waals surface area (Å²) in [5.41, 5.74) is -0.360. The number of nitrogens with one attached hydrogen (secondary N) is 1. The van der Waals surface area contributed by atoms with Crippen LogP contribution in [0.5, 0.6) is 5.75 Å². The molecule has 23 heavy (non-hydrogen) atoms. The number of nitro groups is 1. The average molecular weight is 339 g/mol. The molecule has 1 amide bonds. The second-order valence-electron chi connectivity index (χ2n) is 4.60. The topological polar surface area (TPSA) is 81.5 Å². The zero-order chi connectivity index (χ0) is 17.0.